The predicted molar refractivity (Wildman–Crippen MR) is 82.2 cm³/mol. The summed E-state index contributed by atoms with van der Waals surface area (Å²) in [5.41, 5.74) is 0.604. The SMILES string of the molecule is CCC1CCCCN1C(=O)Cn1c(=O)[nH]c2cc(F)ccc21. The van der Waals surface area contributed by atoms with Crippen LogP contribution in [0.4, 0.5) is 4.39 Å². The molecule has 0 saturated carbocycles. The van der Waals surface area contributed by atoms with E-state index >= 15 is 0 Å². The Morgan fingerprint density at radius 3 is 3.00 bits per heavy atom. The molecule has 1 atom stereocenters. The monoisotopic (exact) mass is 305 g/mol. The number of fused-ring (bicyclic) bond motifs is 1. The van der Waals surface area contributed by atoms with Gasteiger partial charge < -0.3 is 9.88 Å². The Balaban J connectivity index is 1.88. The highest BCUT2D eigenvalue weighted by atomic mass is 19.1. The largest absolute Gasteiger partial charge is 0.338 e. The molecule has 0 aliphatic carbocycles. The van der Waals surface area contributed by atoms with E-state index in [4.69, 9.17) is 0 Å². The summed E-state index contributed by atoms with van der Waals surface area (Å²) in [6, 6.07) is 4.36. The summed E-state index contributed by atoms with van der Waals surface area (Å²) in [6.07, 6.45) is 4.11. The number of likely N-dealkylation sites (tertiary alicyclic amines) is 1. The first-order valence-corrected chi connectivity index (χ1v) is 7.77. The number of H-pyrrole nitrogens is 1. The third-order valence-corrected chi connectivity index (χ3v) is 4.45. The number of aromatic nitrogens is 2. The third-order valence-electron chi connectivity index (χ3n) is 4.45. The number of aromatic amines is 1. The number of benzene rings is 1. The van der Waals surface area contributed by atoms with E-state index in [2.05, 4.69) is 11.9 Å². The maximum absolute atomic E-state index is 13.2. The van der Waals surface area contributed by atoms with Gasteiger partial charge in [-0.2, -0.15) is 0 Å². The van der Waals surface area contributed by atoms with Crippen LogP contribution >= 0.6 is 0 Å². The summed E-state index contributed by atoms with van der Waals surface area (Å²) in [5, 5.41) is 0. The lowest BCUT2D eigenvalue weighted by atomic mass is 10.00. The van der Waals surface area contributed by atoms with Crippen LogP contribution in [-0.4, -0.2) is 32.9 Å². The molecule has 2 heterocycles. The van der Waals surface area contributed by atoms with Gasteiger partial charge in [-0.1, -0.05) is 6.92 Å². The quantitative estimate of drug-likeness (QED) is 0.945. The zero-order valence-electron chi connectivity index (χ0n) is 12.6. The molecular weight excluding hydrogens is 285 g/mol. The van der Waals surface area contributed by atoms with Crippen LogP contribution in [0.5, 0.6) is 0 Å². The molecular formula is C16H20FN3O2. The number of imidazole rings is 1. The van der Waals surface area contributed by atoms with E-state index in [9.17, 15) is 14.0 Å². The van der Waals surface area contributed by atoms with E-state index in [1.165, 1.54) is 22.8 Å². The van der Waals surface area contributed by atoms with Crippen LogP contribution in [0.1, 0.15) is 32.6 Å². The second kappa shape index (κ2) is 5.94. The molecule has 0 spiro atoms. The summed E-state index contributed by atoms with van der Waals surface area (Å²) in [4.78, 5) is 29.1. The van der Waals surface area contributed by atoms with Gasteiger partial charge in [0, 0.05) is 12.6 Å². The van der Waals surface area contributed by atoms with Gasteiger partial charge in [0.15, 0.2) is 0 Å². The minimum absolute atomic E-state index is 0.000958. The number of rotatable bonds is 3. The number of hydrogen-bond donors (Lipinski definition) is 1. The van der Waals surface area contributed by atoms with E-state index < -0.39 is 5.82 Å². The first kappa shape index (κ1) is 14.8. The van der Waals surface area contributed by atoms with Crippen LogP contribution in [-0.2, 0) is 11.3 Å². The molecule has 5 nitrogen and oxygen atoms in total. The molecule has 1 unspecified atom stereocenters. The lowest BCUT2D eigenvalue weighted by molar-refractivity contribution is -0.135. The van der Waals surface area contributed by atoms with Crippen LogP contribution in [0.15, 0.2) is 23.0 Å². The molecule has 1 N–H and O–H groups in total. The Labute approximate surface area is 127 Å². The van der Waals surface area contributed by atoms with Gasteiger partial charge in [-0.05, 0) is 43.9 Å². The number of amides is 1. The molecule has 1 saturated heterocycles. The van der Waals surface area contributed by atoms with Crippen molar-refractivity contribution in [1.82, 2.24) is 14.5 Å². The molecule has 1 aliphatic rings. The van der Waals surface area contributed by atoms with Crippen molar-refractivity contribution in [2.75, 3.05) is 6.54 Å². The summed E-state index contributed by atoms with van der Waals surface area (Å²) in [7, 11) is 0. The van der Waals surface area contributed by atoms with Crippen molar-refractivity contribution in [2.45, 2.75) is 45.2 Å². The minimum atomic E-state index is -0.408. The Morgan fingerprint density at radius 1 is 1.41 bits per heavy atom. The van der Waals surface area contributed by atoms with E-state index in [1.807, 2.05) is 4.90 Å². The third kappa shape index (κ3) is 2.65. The normalized spacial score (nSPS) is 18.8. The number of piperidine rings is 1. The van der Waals surface area contributed by atoms with Crippen molar-refractivity contribution in [3.05, 3.63) is 34.5 Å². The number of carbonyl (C=O) groups is 1. The van der Waals surface area contributed by atoms with Gasteiger partial charge in [-0.15, -0.1) is 0 Å². The fourth-order valence-corrected chi connectivity index (χ4v) is 3.27. The highest BCUT2D eigenvalue weighted by Crippen LogP contribution is 2.20. The predicted octanol–water partition coefficient (Wildman–Crippen LogP) is 2.26. The first-order chi connectivity index (χ1) is 10.6. The second-order valence-corrected chi connectivity index (χ2v) is 5.82. The standard InChI is InChI=1S/C16H20FN3O2/c1-2-12-5-3-4-8-19(12)15(21)10-20-14-7-6-11(17)9-13(14)18-16(20)22/h6-7,9,12H,2-5,8,10H2,1H3,(H,18,22). The molecule has 0 bridgehead atoms. The van der Waals surface area contributed by atoms with Crippen molar-refractivity contribution in [3.8, 4) is 0 Å². The zero-order valence-corrected chi connectivity index (χ0v) is 12.6. The Hall–Kier alpha value is -2.11. The topological polar surface area (TPSA) is 58.1 Å². The fraction of sp³-hybridized carbons (Fsp3) is 0.500. The molecule has 6 heteroatoms. The zero-order chi connectivity index (χ0) is 15.7. The molecule has 0 radical (unpaired) electrons. The summed E-state index contributed by atoms with van der Waals surface area (Å²) in [6.45, 7) is 2.83. The van der Waals surface area contributed by atoms with Crippen molar-refractivity contribution in [2.24, 2.45) is 0 Å². The molecule has 1 aromatic heterocycles. The summed E-state index contributed by atoms with van der Waals surface area (Å²) in [5.74, 6) is -0.451. The average molecular weight is 305 g/mol. The van der Waals surface area contributed by atoms with E-state index in [1.54, 1.807) is 0 Å². The van der Waals surface area contributed by atoms with Crippen LogP contribution in [0, 0.1) is 5.82 Å². The van der Waals surface area contributed by atoms with Crippen LogP contribution in [0.25, 0.3) is 11.0 Å². The lowest BCUT2D eigenvalue weighted by Crippen LogP contribution is -2.45. The number of hydrogen-bond acceptors (Lipinski definition) is 2. The van der Waals surface area contributed by atoms with Crippen LogP contribution in [0.3, 0.4) is 0 Å². The maximum atomic E-state index is 13.2. The molecule has 22 heavy (non-hydrogen) atoms. The molecule has 1 amide bonds. The number of carbonyl (C=O) groups excluding carboxylic acids is 1. The van der Waals surface area contributed by atoms with E-state index in [0.29, 0.717) is 11.0 Å². The van der Waals surface area contributed by atoms with Crippen molar-refractivity contribution in [3.63, 3.8) is 0 Å². The second-order valence-electron chi connectivity index (χ2n) is 5.82. The highest BCUT2D eigenvalue weighted by Gasteiger charge is 2.26. The van der Waals surface area contributed by atoms with Gasteiger partial charge in [0.05, 0.1) is 11.0 Å². The average Bonchev–Trinajstić information content (AvgIpc) is 2.82. The van der Waals surface area contributed by atoms with Crippen molar-refractivity contribution < 1.29 is 9.18 Å². The molecule has 1 aliphatic heterocycles. The van der Waals surface area contributed by atoms with Gasteiger partial charge >= 0.3 is 5.69 Å². The Kier molecular flexibility index (Phi) is 4.00. The van der Waals surface area contributed by atoms with Crippen molar-refractivity contribution in [1.29, 1.82) is 0 Å². The smallest absolute Gasteiger partial charge is 0.326 e. The van der Waals surface area contributed by atoms with Gasteiger partial charge in [0.2, 0.25) is 5.91 Å². The highest BCUT2D eigenvalue weighted by molar-refractivity contribution is 5.80. The van der Waals surface area contributed by atoms with Crippen LogP contribution < -0.4 is 5.69 Å². The molecule has 2 aromatic rings. The first-order valence-electron chi connectivity index (χ1n) is 7.77. The number of nitrogens with zero attached hydrogens (tertiary/aromatic N) is 2. The minimum Gasteiger partial charge on any atom is -0.338 e. The van der Waals surface area contributed by atoms with Gasteiger partial charge in [0.25, 0.3) is 0 Å². The van der Waals surface area contributed by atoms with E-state index in [0.717, 1.165) is 32.2 Å². The van der Waals surface area contributed by atoms with Gasteiger partial charge in [-0.3, -0.25) is 9.36 Å². The fourth-order valence-electron chi connectivity index (χ4n) is 3.27. The van der Waals surface area contributed by atoms with Crippen molar-refractivity contribution >= 4 is 16.9 Å². The number of nitrogens with one attached hydrogen (secondary N) is 1. The Bertz CT molecular complexity index is 749. The number of halogens is 1. The summed E-state index contributed by atoms with van der Waals surface area (Å²) >= 11 is 0. The maximum Gasteiger partial charge on any atom is 0.326 e. The summed E-state index contributed by atoms with van der Waals surface area (Å²) < 4.78 is 14.6. The molecule has 1 aromatic carbocycles. The molecule has 118 valence electrons. The molecule has 3 rings (SSSR count). The van der Waals surface area contributed by atoms with E-state index in [-0.39, 0.29) is 24.2 Å². The molecule has 1 fully saturated rings. The lowest BCUT2D eigenvalue weighted by Gasteiger charge is -2.35. The van der Waals surface area contributed by atoms with Crippen LogP contribution in [0.2, 0.25) is 0 Å². The van der Waals surface area contributed by atoms with Gasteiger partial charge in [-0.25, -0.2) is 9.18 Å². The van der Waals surface area contributed by atoms with Gasteiger partial charge in [0.1, 0.15) is 12.4 Å². The Morgan fingerprint density at radius 2 is 2.23 bits per heavy atom.